The molecule has 1 aliphatic heterocycles. The van der Waals surface area contributed by atoms with Crippen molar-refractivity contribution in [1.82, 2.24) is 20.4 Å². The van der Waals surface area contributed by atoms with Crippen LogP contribution < -0.4 is 10.6 Å². The highest BCUT2D eigenvalue weighted by Crippen LogP contribution is 2.23. The fourth-order valence-corrected chi connectivity index (χ4v) is 2.33. The summed E-state index contributed by atoms with van der Waals surface area (Å²) in [6.07, 6.45) is 4.77. The van der Waals surface area contributed by atoms with E-state index >= 15 is 0 Å². The number of halogens is 1. The van der Waals surface area contributed by atoms with Gasteiger partial charge in [-0.1, -0.05) is 0 Å². The lowest BCUT2D eigenvalue weighted by Gasteiger charge is -2.24. The minimum atomic E-state index is -0.459. The Kier molecular flexibility index (Phi) is 7.68. The van der Waals surface area contributed by atoms with Crippen LogP contribution >= 0.6 is 24.0 Å². The predicted molar refractivity (Wildman–Crippen MR) is 97.3 cm³/mol. The van der Waals surface area contributed by atoms with Gasteiger partial charge in [0.2, 0.25) is 0 Å². The zero-order valence-corrected chi connectivity index (χ0v) is 15.6. The van der Waals surface area contributed by atoms with Crippen molar-refractivity contribution in [2.45, 2.75) is 31.9 Å². The van der Waals surface area contributed by atoms with Crippen molar-refractivity contribution >= 4 is 35.6 Å². The van der Waals surface area contributed by atoms with Crippen molar-refractivity contribution in [3.63, 3.8) is 0 Å². The third-order valence-electron chi connectivity index (χ3n) is 3.62. The highest BCUT2D eigenvalue weighted by Gasteiger charge is 2.29. The number of nitrogens with one attached hydrogen (secondary N) is 2. The molecule has 1 aliphatic rings. The molecule has 0 saturated carbocycles. The van der Waals surface area contributed by atoms with E-state index in [0.717, 1.165) is 19.4 Å². The Labute approximate surface area is 152 Å². The molecule has 10 heteroatoms. The van der Waals surface area contributed by atoms with Crippen LogP contribution in [0.25, 0.3) is 0 Å². The van der Waals surface area contributed by atoms with Crippen LogP contribution in [0.4, 0.5) is 5.69 Å². The van der Waals surface area contributed by atoms with Crippen LogP contribution in [0.15, 0.2) is 17.4 Å². The summed E-state index contributed by atoms with van der Waals surface area (Å²) in [6.45, 7) is 4.67. The standard InChI is InChI=1S/C13H22N6O3.HI/c1-13(4-3-7-22-13)10-16-12(14-2)15-5-6-18-9-11(8-17-18)19(20)21;/h8-9H,3-7,10H2,1-2H3,(H2,14,15,16);1H. The van der Waals surface area contributed by atoms with E-state index in [2.05, 4.69) is 27.6 Å². The van der Waals surface area contributed by atoms with Gasteiger partial charge in [-0.15, -0.1) is 24.0 Å². The molecule has 1 aromatic heterocycles. The van der Waals surface area contributed by atoms with Gasteiger partial charge in [-0.3, -0.25) is 19.8 Å². The number of hydrogen-bond acceptors (Lipinski definition) is 5. The van der Waals surface area contributed by atoms with Gasteiger partial charge in [-0.2, -0.15) is 5.10 Å². The molecule has 0 radical (unpaired) electrons. The van der Waals surface area contributed by atoms with Crippen LogP contribution in [0.3, 0.4) is 0 Å². The van der Waals surface area contributed by atoms with E-state index < -0.39 is 4.92 Å². The highest BCUT2D eigenvalue weighted by atomic mass is 127. The smallest absolute Gasteiger partial charge is 0.306 e. The molecule has 2 rings (SSSR count). The average Bonchev–Trinajstić information content (AvgIpc) is 3.12. The van der Waals surface area contributed by atoms with E-state index in [1.54, 1.807) is 7.05 Å². The molecule has 1 fully saturated rings. The molecule has 130 valence electrons. The number of ether oxygens (including phenoxy) is 1. The minimum Gasteiger partial charge on any atom is -0.373 e. The molecular weight excluding hydrogens is 415 g/mol. The summed E-state index contributed by atoms with van der Waals surface area (Å²) in [5.74, 6) is 0.679. The number of aromatic nitrogens is 2. The molecule has 2 heterocycles. The number of rotatable bonds is 6. The molecule has 1 atom stereocenters. The Balaban J connectivity index is 0.00000264. The summed E-state index contributed by atoms with van der Waals surface area (Å²) in [6, 6.07) is 0. The summed E-state index contributed by atoms with van der Waals surface area (Å²) < 4.78 is 7.24. The summed E-state index contributed by atoms with van der Waals surface area (Å²) in [5.41, 5.74) is -0.144. The first kappa shape index (κ1) is 19.6. The molecule has 0 aliphatic carbocycles. The topological polar surface area (TPSA) is 107 Å². The quantitative estimate of drug-likeness (QED) is 0.227. The molecule has 1 aromatic rings. The van der Waals surface area contributed by atoms with Crippen LogP contribution in [0, 0.1) is 10.1 Å². The van der Waals surface area contributed by atoms with Gasteiger partial charge in [0.05, 0.1) is 17.1 Å². The summed E-state index contributed by atoms with van der Waals surface area (Å²) in [4.78, 5) is 14.3. The average molecular weight is 438 g/mol. The number of nitrogens with zero attached hydrogens (tertiary/aromatic N) is 4. The number of guanidine groups is 1. The van der Waals surface area contributed by atoms with E-state index in [-0.39, 0.29) is 35.3 Å². The van der Waals surface area contributed by atoms with Gasteiger partial charge in [0.25, 0.3) is 0 Å². The first-order valence-electron chi connectivity index (χ1n) is 7.28. The van der Waals surface area contributed by atoms with E-state index in [9.17, 15) is 10.1 Å². The van der Waals surface area contributed by atoms with Gasteiger partial charge in [-0.25, -0.2) is 0 Å². The third kappa shape index (κ3) is 5.94. The summed E-state index contributed by atoms with van der Waals surface area (Å²) >= 11 is 0. The molecule has 9 nitrogen and oxygen atoms in total. The van der Waals surface area contributed by atoms with Gasteiger partial charge in [0.15, 0.2) is 5.96 Å². The van der Waals surface area contributed by atoms with Gasteiger partial charge in [0, 0.05) is 26.7 Å². The Hall–Kier alpha value is -1.43. The van der Waals surface area contributed by atoms with Crippen LogP contribution in [-0.2, 0) is 11.3 Å². The Morgan fingerprint density at radius 2 is 2.39 bits per heavy atom. The monoisotopic (exact) mass is 438 g/mol. The van der Waals surface area contributed by atoms with Crippen molar-refractivity contribution in [3.8, 4) is 0 Å². The SMILES string of the molecule is CN=C(NCCn1cc([N+](=O)[O-])cn1)NCC1(C)CCCO1.I. The molecule has 1 unspecified atom stereocenters. The first-order chi connectivity index (χ1) is 10.5. The fraction of sp³-hybridized carbons (Fsp3) is 0.692. The van der Waals surface area contributed by atoms with Gasteiger partial charge in [-0.05, 0) is 19.8 Å². The van der Waals surface area contributed by atoms with E-state index in [4.69, 9.17) is 4.74 Å². The second kappa shape index (κ2) is 9.01. The molecule has 23 heavy (non-hydrogen) atoms. The molecule has 0 spiro atoms. The summed E-state index contributed by atoms with van der Waals surface area (Å²) in [7, 11) is 1.70. The second-order valence-electron chi connectivity index (χ2n) is 5.47. The van der Waals surface area contributed by atoms with Crippen LogP contribution in [0.1, 0.15) is 19.8 Å². The third-order valence-corrected chi connectivity index (χ3v) is 3.62. The van der Waals surface area contributed by atoms with Crippen LogP contribution in [0.5, 0.6) is 0 Å². The van der Waals surface area contributed by atoms with Crippen molar-refractivity contribution in [1.29, 1.82) is 0 Å². The Bertz CT molecular complexity index is 542. The number of aliphatic imine (C=N–C) groups is 1. The minimum absolute atomic E-state index is 0. The van der Waals surface area contributed by atoms with E-state index in [0.29, 0.717) is 25.6 Å². The fourth-order valence-electron chi connectivity index (χ4n) is 2.33. The molecule has 1 saturated heterocycles. The molecular formula is C13H23IN6O3. The zero-order valence-electron chi connectivity index (χ0n) is 13.3. The Morgan fingerprint density at radius 3 is 2.96 bits per heavy atom. The lowest BCUT2D eigenvalue weighted by Crippen LogP contribution is -2.46. The molecule has 0 aromatic carbocycles. The zero-order chi connectivity index (χ0) is 16.0. The van der Waals surface area contributed by atoms with Gasteiger partial charge >= 0.3 is 5.69 Å². The van der Waals surface area contributed by atoms with Crippen molar-refractivity contribution in [2.24, 2.45) is 4.99 Å². The van der Waals surface area contributed by atoms with Crippen molar-refractivity contribution in [2.75, 3.05) is 26.7 Å². The molecule has 0 bridgehead atoms. The largest absolute Gasteiger partial charge is 0.373 e. The number of hydrogen-bond donors (Lipinski definition) is 2. The maximum Gasteiger partial charge on any atom is 0.306 e. The maximum atomic E-state index is 10.6. The Morgan fingerprint density at radius 1 is 1.61 bits per heavy atom. The maximum absolute atomic E-state index is 10.6. The second-order valence-corrected chi connectivity index (χ2v) is 5.47. The van der Waals surface area contributed by atoms with Crippen molar-refractivity contribution < 1.29 is 9.66 Å². The van der Waals surface area contributed by atoms with Crippen molar-refractivity contribution in [3.05, 3.63) is 22.5 Å². The predicted octanol–water partition coefficient (Wildman–Crippen LogP) is 1.14. The van der Waals surface area contributed by atoms with Crippen LogP contribution in [-0.4, -0.2) is 53.0 Å². The van der Waals surface area contributed by atoms with E-state index in [1.165, 1.54) is 17.1 Å². The van der Waals surface area contributed by atoms with Crippen LogP contribution in [0.2, 0.25) is 0 Å². The summed E-state index contributed by atoms with van der Waals surface area (Å²) in [5, 5.41) is 20.9. The molecule has 2 N–H and O–H groups in total. The first-order valence-corrected chi connectivity index (χ1v) is 7.28. The van der Waals surface area contributed by atoms with Gasteiger partial charge < -0.3 is 15.4 Å². The lowest BCUT2D eigenvalue weighted by atomic mass is 10.0. The highest BCUT2D eigenvalue weighted by molar-refractivity contribution is 14.0. The number of nitro groups is 1. The van der Waals surface area contributed by atoms with Gasteiger partial charge in [0.1, 0.15) is 12.4 Å². The van der Waals surface area contributed by atoms with E-state index in [1.807, 2.05) is 0 Å². The normalized spacial score (nSPS) is 20.9. The molecule has 0 amide bonds. The lowest BCUT2D eigenvalue weighted by molar-refractivity contribution is -0.385.